The number of hydrogen-bond acceptors (Lipinski definition) is 4. The molecular formula is C25H30BrN3O2. The number of ether oxygens (including phenoxy) is 1. The molecule has 31 heavy (non-hydrogen) atoms. The van der Waals surface area contributed by atoms with E-state index >= 15 is 0 Å². The van der Waals surface area contributed by atoms with Crippen LogP contribution in [-0.4, -0.2) is 31.3 Å². The summed E-state index contributed by atoms with van der Waals surface area (Å²) in [5, 5.41) is 6.80. The van der Waals surface area contributed by atoms with E-state index in [-0.39, 0.29) is 0 Å². The molecule has 164 valence electrons. The van der Waals surface area contributed by atoms with Crippen molar-refractivity contribution in [1.29, 1.82) is 0 Å². The molecule has 2 fully saturated rings. The minimum absolute atomic E-state index is 0.425. The SMILES string of the molecule is CN1c2c(Br)cc(OC(=O)NCc3ccccc3)cc2C2CCC(NC3CCCC3)C21. The zero-order chi connectivity index (χ0) is 21.4. The van der Waals surface area contributed by atoms with Crippen molar-refractivity contribution in [3.63, 3.8) is 0 Å². The number of hydrogen-bond donors (Lipinski definition) is 2. The first kappa shape index (κ1) is 20.8. The maximum Gasteiger partial charge on any atom is 0.412 e. The largest absolute Gasteiger partial charge is 0.412 e. The van der Waals surface area contributed by atoms with Crippen molar-refractivity contribution in [3.05, 3.63) is 58.1 Å². The lowest BCUT2D eigenvalue weighted by Gasteiger charge is -2.31. The van der Waals surface area contributed by atoms with Crippen LogP contribution in [0.5, 0.6) is 5.75 Å². The van der Waals surface area contributed by atoms with Crippen LogP contribution in [0, 0.1) is 0 Å². The van der Waals surface area contributed by atoms with Gasteiger partial charge in [-0.15, -0.1) is 0 Å². The second-order valence-corrected chi connectivity index (χ2v) is 9.97. The van der Waals surface area contributed by atoms with E-state index in [0.717, 1.165) is 10.0 Å². The Morgan fingerprint density at radius 2 is 1.90 bits per heavy atom. The van der Waals surface area contributed by atoms with Crippen molar-refractivity contribution in [3.8, 4) is 5.75 Å². The molecule has 1 amide bonds. The van der Waals surface area contributed by atoms with E-state index in [1.807, 2.05) is 36.4 Å². The zero-order valence-corrected chi connectivity index (χ0v) is 19.5. The average molecular weight is 484 g/mol. The number of amides is 1. The van der Waals surface area contributed by atoms with Gasteiger partial charge in [-0.25, -0.2) is 4.79 Å². The van der Waals surface area contributed by atoms with Crippen LogP contribution in [0.15, 0.2) is 46.9 Å². The molecule has 2 saturated carbocycles. The number of nitrogens with one attached hydrogen (secondary N) is 2. The van der Waals surface area contributed by atoms with Crippen LogP contribution in [-0.2, 0) is 6.54 Å². The van der Waals surface area contributed by atoms with Crippen LogP contribution in [0.2, 0.25) is 0 Å². The molecule has 6 heteroatoms. The lowest BCUT2D eigenvalue weighted by Crippen LogP contribution is -2.48. The summed E-state index contributed by atoms with van der Waals surface area (Å²) in [5.74, 6) is 1.07. The molecular weight excluding hydrogens is 454 g/mol. The summed E-state index contributed by atoms with van der Waals surface area (Å²) in [7, 11) is 2.20. The van der Waals surface area contributed by atoms with E-state index in [9.17, 15) is 4.79 Å². The smallest absolute Gasteiger partial charge is 0.410 e. The molecule has 0 radical (unpaired) electrons. The van der Waals surface area contributed by atoms with Gasteiger partial charge in [0.1, 0.15) is 5.75 Å². The normalized spacial score (nSPS) is 24.8. The van der Waals surface area contributed by atoms with E-state index in [1.54, 1.807) is 0 Å². The molecule has 3 atom stereocenters. The van der Waals surface area contributed by atoms with Crippen LogP contribution in [0.4, 0.5) is 10.5 Å². The molecule has 0 spiro atoms. The van der Waals surface area contributed by atoms with Crippen molar-refractivity contribution in [1.82, 2.24) is 10.6 Å². The second kappa shape index (κ2) is 8.83. The van der Waals surface area contributed by atoms with Gasteiger partial charge >= 0.3 is 6.09 Å². The fraction of sp³-hybridized carbons (Fsp3) is 0.480. The van der Waals surface area contributed by atoms with Gasteiger partial charge in [0.2, 0.25) is 0 Å². The number of likely N-dealkylation sites (N-methyl/N-ethyl adjacent to an activating group) is 1. The summed E-state index contributed by atoms with van der Waals surface area (Å²) in [6.07, 6.45) is 7.28. The van der Waals surface area contributed by atoms with Crippen LogP contribution in [0.3, 0.4) is 0 Å². The number of rotatable bonds is 5. The number of fused-ring (bicyclic) bond motifs is 3. The highest BCUT2D eigenvalue weighted by Crippen LogP contribution is 2.52. The first-order valence-corrected chi connectivity index (χ1v) is 12.2. The molecule has 2 N–H and O–H groups in total. The molecule has 2 aromatic rings. The lowest BCUT2D eigenvalue weighted by atomic mass is 9.96. The molecule has 1 heterocycles. The fourth-order valence-corrected chi connectivity index (χ4v) is 6.54. The monoisotopic (exact) mass is 483 g/mol. The van der Waals surface area contributed by atoms with Gasteiger partial charge in [-0.1, -0.05) is 43.2 Å². The first-order chi connectivity index (χ1) is 15.1. The third kappa shape index (κ3) is 4.20. The third-order valence-corrected chi connectivity index (χ3v) is 7.78. The third-order valence-electron chi connectivity index (χ3n) is 7.17. The summed E-state index contributed by atoms with van der Waals surface area (Å²) in [6.45, 7) is 0.452. The standard InChI is InChI=1S/C25H30BrN3O2/c1-29-23-20(19-11-12-22(24(19)29)28-17-9-5-6-10-17)13-18(14-21(23)26)31-25(30)27-15-16-7-3-2-4-8-16/h2-4,7-8,13-14,17,19,22,24,28H,5-6,9-12,15H2,1H3,(H,27,30). The molecule has 3 unspecified atom stereocenters. The number of nitrogens with zero attached hydrogens (tertiary/aromatic N) is 1. The highest BCUT2D eigenvalue weighted by molar-refractivity contribution is 9.10. The Kier molecular flexibility index (Phi) is 5.93. The number of carbonyl (C=O) groups is 1. The Hall–Kier alpha value is -2.05. The molecule has 2 aromatic carbocycles. The molecule has 0 bridgehead atoms. The minimum Gasteiger partial charge on any atom is -0.410 e. The highest BCUT2D eigenvalue weighted by atomic mass is 79.9. The Balaban J connectivity index is 1.28. The van der Waals surface area contributed by atoms with E-state index < -0.39 is 6.09 Å². The van der Waals surface area contributed by atoms with Crippen LogP contribution >= 0.6 is 15.9 Å². The molecule has 2 aliphatic carbocycles. The van der Waals surface area contributed by atoms with Gasteiger partial charge in [-0.3, -0.25) is 0 Å². The summed E-state index contributed by atoms with van der Waals surface area (Å²) < 4.78 is 6.64. The minimum atomic E-state index is -0.425. The number of anilines is 1. The zero-order valence-electron chi connectivity index (χ0n) is 17.9. The van der Waals surface area contributed by atoms with Gasteiger partial charge in [0.05, 0.1) is 11.7 Å². The topological polar surface area (TPSA) is 53.6 Å². The van der Waals surface area contributed by atoms with Crippen molar-refractivity contribution in [2.24, 2.45) is 0 Å². The highest BCUT2D eigenvalue weighted by Gasteiger charge is 2.47. The molecule has 0 saturated heterocycles. The van der Waals surface area contributed by atoms with Crippen molar-refractivity contribution in [2.75, 3.05) is 11.9 Å². The fourth-order valence-electron chi connectivity index (χ4n) is 5.81. The second-order valence-electron chi connectivity index (χ2n) is 9.11. The van der Waals surface area contributed by atoms with Crippen molar-refractivity contribution in [2.45, 2.75) is 69.1 Å². The Morgan fingerprint density at radius 3 is 2.68 bits per heavy atom. The number of halogens is 1. The van der Waals surface area contributed by atoms with Gasteiger partial charge in [-0.2, -0.15) is 0 Å². The van der Waals surface area contributed by atoms with Crippen LogP contribution in [0.25, 0.3) is 0 Å². The molecule has 1 aliphatic heterocycles. The Labute approximate surface area is 192 Å². The molecule has 0 aromatic heterocycles. The predicted molar refractivity (Wildman–Crippen MR) is 127 cm³/mol. The average Bonchev–Trinajstić information content (AvgIpc) is 3.48. The molecule has 5 nitrogen and oxygen atoms in total. The van der Waals surface area contributed by atoms with Gasteiger partial charge < -0.3 is 20.3 Å². The van der Waals surface area contributed by atoms with Crippen molar-refractivity contribution >= 4 is 27.7 Å². The maximum atomic E-state index is 12.4. The van der Waals surface area contributed by atoms with Crippen LogP contribution in [0.1, 0.15) is 55.6 Å². The van der Waals surface area contributed by atoms with E-state index in [0.29, 0.717) is 36.3 Å². The van der Waals surface area contributed by atoms with Gasteiger partial charge in [0, 0.05) is 36.1 Å². The van der Waals surface area contributed by atoms with E-state index in [4.69, 9.17) is 4.74 Å². The summed E-state index contributed by atoms with van der Waals surface area (Å²) in [5.41, 5.74) is 3.58. The molecule has 5 rings (SSSR count). The maximum absolute atomic E-state index is 12.4. The van der Waals surface area contributed by atoms with E-state index in [1.165, 1.54) is 49.8 Å². The molecule has 3 aliphatic rings. The van der Waals surface area contributed by atoms with Gasteiger partial charge in [0.15, 0.2) is 0 Å². The summed E-state index contributed by atoms with van der Waals surface area (Å²) in [6, 6.07) is 15.5. The Morgan fingerprint density at radius 1 is 1.13 bits per heavy atom. The van der Waals surface area contributed by atoms with Crippen molar-refractivity contribution < 1.29 is 9.53 Å². The summed E-state index contributed by atoms with van der Waals surface area (Å²) >= 11 is 3.75. The van der Waals surface area contributed by atoms with Gasteiger partial charge in [-0.05, 0) is 64.9 Å². The van der Waals surface area contributed by atoms with E-state index in [2.05, 4.69) is 44.6 Å². The van der Waals surface area contributed by atoms with Gasteiger partial charge in [0.25, 0.3) is 0 Å². The Bertz CT molecular complexity index is 945. The quantitative estimate of drug-likeness (QED) is 0.602. The summed E-state index contributed by atoms with van der Waals surface area (Å²) in [4.78, 5) is 14.8. The first-order valence-electron chi connectivity index (χ1n) is 11.4. The number of carbonyl (C=O) groups excluding carboxylic acids is 1. The van der Waals surface area contributed by atoms with Crippen LogP contribution < -0.4 is 20.3 Å². The number of benzene rings is 2. The lowest BCUT2D eigenvalue weighted by molar-refractivity contribution is 0.200. The predicted octanol–water partition coefficient (Wildman–Crippen LogP) is 5.33.